The molecule has 0 bridgehead atoms. The molecule has 2 unspecified atom stereocenters. The van der Waals surface area contributed by atoms with Gasteiger partial charge in [0.05, 0.1) is 29.2 Å². The zero-order chi connectivity index (χ0) is 20.6. The molecule has 2 aliphatic heterocycles. The summed E-state index contributed by atoms with van der Waals surface area (Å²) >= 11 is 8.01. The number of piperidine rings is 1. The molecule has 2 saturated heterocycles. The lowest BCUT2D eigenvalue weighted by molar-refractivity contribution is -0.0562. The summed E-state index contributed by atoms with van der Waals surface area (Å²) in [6.07, 6.45) is 6.35. The van der Waals surface area contributed by atoms with Crippen LogP contribution in [-0.4, -0.2) is 90.2 Å². The minimum Gasteiger partial charge on any atom is -0.360 e. The Morgan fingerprint density at radius 1 is 1.34 bits per heavy atom. The van der Waals surface area contributed by atoms with Gasteiger partial charge in [-0.1, -0.05) is 11.6 Å². The fourth-order valence-electron chi connectivity index (χ4n) is 4.20. The predicted octanol–water partition coefficient (Wildman–Crippen LogP) is 1.94. The standard InChI is InChI=1S/C18H26ClN5O3S2/c1-22(13-3-5-24(6-4-13)29(2,25)26)18(23-7-8-27-17(19)11-23)15-9-14-16(28-15)10-20-12-21-14/h9-10,12-13,17-18H,3-8,11H2,1-2H3. The third-order valence-electron chi connectivity index (χ3n) is 5.72. The van der Waals surface area contributed by atoms with E-state index < -0.39 is 10.0 Å². The lowest BCUT2D eigenvalue weighted by Gasteiger charge is -2.45. The minimum atomic E-state index is -3.14. The van der Waals surface area contributed by atoms with Crippen LogP contribution in [-0.2, 0) is 14.8 Å². The molecule has 160 valence electrons. The SMILES string of the molecule is CN(C1CCN(S(C)(=O)=O)CC1)C(c1cc2ncncc2s1)N1CCOC(Cl)C1. The largest absolute Gasteiger partial charge is 0.360 e. The molecule has 0 aliphatic carbocycles. The highest BCUT2D eigenvalue weighted by Crippen LogP contribution is 2.36. The van der Waals surface area contributed by atoms with E-state index in [2.05, 4.69) is 32.9 Å². The molecule has 2 aromatic heterocycles. The monoisotopic (exact) mass is 459 g/mol. The normalized spacial score (nSPS) is 24.3. The maximum Gasteiger partial charge on any atom is 0.211 e. The first-order valence-corrected chi connectivity index (χ1v) is 12.8. The fraction of sp³-hybridized carbons (Fsp3) is 0.667. The van der Waals surface area contributed by atoms with Crippen LogP contribution in [0.25, 0.3) is 10.2 Å². The van der Waals surface area contributed by atoms with Crippen molar-refractivity contribution in [3.05, 3.63) is 23.5 Å². The van der Waals surface area contributed by atoms with Gasteiger partial charge in [-0.15, -0.1) is 11.3 Å². The maximum absolute atomic E-state index is 11.9. The summed E-state index contributed by atoms with van der Waals surface area (Å²) in [6, 6.07) is 2.42. The number of morpholine rings is 1. The van der Waals surface area contributed by atoms with E-state index in [4.69, 9.17) is 16.3 Å². The lowest BCUT2D eigenvalue weighted by atomic mass is 10.0. The highest BCUT2D eigenvalue weighted by molar-refractivity contribution is 7.88. The molecule has 4 heterocycles. The first-order valence-electron chi connectivity index (χ1n) is 9.69. The van der Waals surface area contributed by atoms with Gasteiger partial charge < -0.3 is 4.74 Å². The third kappa shape index (κ3) is 4.73. The van der Waals surface area contributed by atoms with Crippen LogP contribution in [0.15, 0.2) is 18.6 Å². The molecule has 2 aliphatic rings. The lowest BCUT2D eigenvalue weighted by Crippen LogP contribution is -2.52. The molecule has 0 radical (unpaired) electrons. The Balaban J connectivity index is 1.59. The summed E-state index contributed by atoms with van der Waals surface area (Å²) in [5.74, 6) is 0. The van der Waals surface area contributed by atoms with Gasteiger partial charge in [0.15, 0.2) is 0 Å². The quantitative estimate of drug-likeness (QED) is 0.632. The molecule has 0 saturated carbocycles. The molecule has 29 heavy (non-hydrogen) atoms. The number of fused-ring (bicyclic) bond motifs is 1. The molecule has 2 atom stereocenters. The molecule has 0 aromatic carbocycles. The summed E-state index contributed by atoms with van der Waals surface area (Å²) in [5, 5.41) is 0. The van der Waals surface area contributed by atoms with Gasteiger partial charge in [0.25, 0.3) is 0 Å². The van der Waals surface area contributed by atoms with E-state index in [0.29, 0.717) is 26.2 Å². The van der Waals surface area contributed by atoms with E-state index in [0.717, 1.165) is 29.6 Å². The molecular weight excluding hydrogens is 434 g/mol. The number of hydrogen-bond donors (Lipinski definition) is 0. The molecule has 2 fully saturated rings. The van der Waals surface area contributed by atoms with E-state index in [1.165, 1.54) is 11.1 Å². The fourth-order valence-corrected chi connectivity index (χ4v) is 6.51. The van der Waals surface area contributed by atoms with Crippen molar-refractivity contribution in [3.8, 4) is 0 Å². The number of thiophene rings is 1. The van der Waals surface area contributed by atoms with Crippen molar-refractivity contribution in [1.82, 2.24) is 24.1 Å². The Morgan fingerprint density at radius 3 is 2.76 bits per heavy atom. The van der Waals surface area contributed by atoms with E-state index in [1.54, 1.807) is 22.0 Å². The molecule has 0 N–H and O–H groups in total. The Kier molecular flexibility index (Phi) is 6.41. The minimum absolute atomic E-state index is 0.0362. The van der Waals surface area contributed by atoms with E-state index in [9.17, 15) is 8.42 Å². The van der Waals surface area contributed by atoms with E-state index in [1.807, 2.05) is 6.20 Å². The number of ether oxygens (including phenoxy) is 1. The Labute approximate surface area is 180 Å². The number of aromatic nitrogens is 2. The number of rotatable bonds is 5. The van der Waals surface area contributed by atoms with Crippen LogP contribution in [0.4, 0.5) is 0 Å². The van der Waals surface area contributed by atoms with Gasteiger partial charge in [0, 0.05) is 43.3 Å². The molecule has 4 rings (SSSR count). The summed E-state index contributed by atoms with van der Waals surface area (Å²) in [4.78, 5) is 14.4. The molecule has 0 amide bonds. The second kappa shape index (κ2) is 8.70. The van der Waals surface area contributed by atoms with Crippen LogP contribution in [0.3, 0.4) is 0 Å². The van der Waals surface area contributed by atoms with Crippen LogP contribution < -0.4 is 0 Å². The summed E-state index contributed by atoms with van der Waals surface area (Å²) in [7, 11) is -1.01. The smallest absolute Gasteiger partial charge is 0.211 e. The van der Waals surface area contributed by atoms with Gasteiger partial charge in [0.2, 0.25) is 10.0 Å². The van der Waals surface area contributed by atoms with Gasteiger partial charge >= 0.3 is 0 Å². The average Bonchev–Trinajstić information content (AvgIpc) is 3.11. The first-order chi connectivity index (χ1) is 13.8. The van der Waals surface area contributed by atoms with Crippen LogP contribution in [0, 0.1) is 0 Å². The molecule has 11 heteroatoms. The molecular formula is C18H26ClN5O3S2. The van der Waals surface area contributed by atoms with Crippen LogP contribution >= 0.6 is 22.9 Å². The van der Waals surface area contributed by atoms with Crippen molar-refractivity contribution in [3.63, 3.8) is 0 Å². The second-order valence-corrected chi connectivity index (χ2v) is 11.2. The van der Waals surface area contributed by atoms with Crippen molar-refractivity contribution >= 4 is 43.2 Å². The average molecular weight is 460 g/mol. The van der Waals surface area contributed by atoms with Gasteiger partial charge in [-0.25, -0.2) is 22.7 Å². The van der Waals surface area contributed by atoms with Crippen molar-refractivity contribution < 1.29 is 13.2 Å². The number of nitrogens with zero attached hydrogens (tertiary/aromatic N) is 5. The Bertz CT molecular complexity index is 915. The zero-order valence-electron chi connectivity index (χ0n) is 16.6. The van der Waals surface area contributed by atoms with Gasteiger partial charge in [0.1, 0.15) is 11.9 Å². The van der Waals surface area contributed by atoms with Crippen molar-refractivity contribution in [1.29, 1.82) is 0 Å². The summed E-state index contributed by atoms with van der Waals surface area (Å²) in [5.41, 5.74) is 0.613. The molecule has 8 nitrogen and oxygen atoms in total. The van der Waals surface area contributed by atoms with Crippen LogP contribution in [0.2, 0.25) is 0 Å². The maximum atomic E-state index is 11.9. The topological polar surface area (TPSA) is 78.9 Å². The second-order valence-electron chi connectivity index (χ2n) is 7.63. The third-order valence-corrected chi connectivity index (χ3v) is 8.39. The van der Waals surface area contributed by atoms with Gasteiger partial charge in [-0.2, -0.15) is 0 Å². The summed E-state index contributed by atoms with van der Waals surface area (Å²) < 4.78 is 31.9. The highest BCUT2D eigenvalue weighted by Gasteiger charge is 2.36. The van der Waals surface area contributed by atoms with Gasteiger partial charge in [-0.3, -0.25) is 9.80 Å². The van der Waals surface area contributed by atoms with Crippen molar-refractivity contribution in [2.45, 2.75) is 30.6 Å². The highest BCUT2D eigenvalue weighted by atomic mass is 35.5. The van der Waals surface area contributed by atoms with Crippen molar-refractivity contribution in [2.24, 2.45) is 0 Å². The van der Waals surface area contributed by atoms with E-state index in [-0.39, 0.29) is 17.8 Å². The number of sulfonamides is 1. The van der Waals surface area contributed by atoms with Crippen LogP contribution in [0.1, 0.15) is 23.9 Å². The van der Waals surface area contributed by atoms with Crippen LogP contribution in [0.5, 0.6) is 0 Å². The molecule has 0 spiro atoms. The molecule has 2 aromatic rings. The Morgan fingerprint density at radius 2 is 2.10 bits per heavy atom. The summed E-state index contributed by atoms with van der Waals surface area (Å²) in [6.45, 7) is 3.13. The predicted molar refractivity (Wildman–Crippen MR) is 115 cm³/mol. The zero-order valence-corrected chi connectivity index (χ0v) is 19.0. The van der Waals surface area contributed by atoms with Gasteiger partial charge in [-0.05, 0) is 26.0 Å². The number of alkyl halides is 1. The number of halogens is 1. The first kappa shape index (κ1) is 21.4. The van der Waals surface area contributed by atoms with E-state index >= 15 is 0 Å². The van der Waals surface area contributed by atoms with Crippen molar-refractivity contribution in [2.75, 3.05) is 46.1 Å². The Hall–Kier alpha value is -0.880. The number of hydrogen-bond acceptors (Lipinski definition) is 8.